The molecule has 0 aromatic heterocycles. The van der Waals surface area contributed by atoms with Gasteiger partial charge in [-0.3, -0.25) is 4.79 Å². The fraction of sp³-hybridized carbons (Fsp3) is 0.458. The Morgan fingerprint density at radius 2 is 1.62 bits per heavy atom. The summed E-state index contributed by atoms with van der Waals surface area (Å²) in [5.41, 5.74) is 2.55. The smallest absolute Gasteiger partial charge is 0.243 e. The molecule has 176 valence electrons. The number of carbonyl (C=O) groups is 1. The van der Waals surface area contributed by atoms with E-state index in [1.807, 2.05) is 44.2 Å². The number of benzene rings is 2. The molecule has 32 heavy (non-hydrogen) atoms. The zero-order chi connectivity index (χ0) is 23.4. The van der Waals surface area contributed by atoms with E-state index >= 15 is 0 Å². The summed E-state index contributed by atoms with van der Waals surface area (Å²) in [4.78, 5) is 12.6. The molecule has 0 unspecified atom stereocenters. The first-order chi connectivity index (χ1) is 15.4. The van der Waals surface area contributed by atoms with Crippen molar-refractivity contribution < 1.29 is 13.2 Å². The molecule has 0 aliphatic rings. The Bertz CT molecular complexity index is 945. The maximum atomic E-state index is 12.9. The van der Waals surface area contributed by atoms with Crippen molar-refractivity contribution in [1.29, 1.82) is 0 Å². The summed E-state index contributed by atoms with van der Waals surface area (Å²) in [6.45, 7) is 7.94. The van der Waals surface area contributed by atoms with E-state index in [9.17, 15) is 13.2 Å². The number of nitrogens with zero attached hydrogens (tertiary/aromatic N) is 1. The van der Waals surface area contributed by atoms with E-state index in [-0.39, 0.29) is 17.3 Å². The highest BCUT2D eigenvalue weighted by molar-refractivity contribution is 7.89. The van der Waals surface area contributed by atoms with Crippen molar-refractivity contribution >= 4 is 27.3 Å². The third-order valence-electron chi connectivity index (χ3n) is 5.20. The van der Waals surface area contributed by atoms with Crippen LogP contribution in [0.2, 0.25) is 0 Å². The van der Waals surface area contributed by atoms with Crippen molar-refractivity contribution in [3.8, 4) is 0 Å². The first-order valence-electron chi connectivity index (χ1n) is 11.3. The molecular formula is C24H36N4O3S. The predicted octanol–water partition coefficient (Wildman–Crippen LogP) is 3.70. The number of unbranched alkanes of at least 4 members (excludes halogenated alkanes) is 1. The average Bonchev–Trinajstić information content (AvgIpc) is 2.79. The summed E-state index contributed by atoms with van der Waals surface area (Å²) < 4.78 is 27.3. The van der Waals surface area contributed by atoms with Gasteiger partial charge in [-0.25, -0.2) is 8.42 Å². The fourth-order valence-electron chi connectivity index (χ4n) is 3.33. The molecule has 1 amide bonds. The average molecular weight is 461 g/mol. The molecule has 2 rings (SSSR count). The molecule has 8 heteroatoms. The minimum absolute atomic E-state index is 0.0615. The summed E-state index contributed by atoms with van der Waals surface area (Å²) in [6, 6.07) is 15.0. The Hall–Kier alpha value is -2.58. The predicted molar refractivity (Wildman–Crippen MR) is 132 cm³/mol. The van der Waals surface area contributed by atoms with Crippen LogP contribution in [-0.4, -0.2) is 51.4 Å². The van der Waals surface area contributed by atoms with Gasteiger partial charge in [0.2, 0.25) is 15.9 Å². The lowest BCUT2D eigenvalue weighted by atomic mass is 10.1. The van der Waals surface area contributed by atoms with Gasteiger partial charge in [0.05, 0.1) is 22.8 Å². The Morgan fingerprint density at radius 1 is 0.906 bits per heavy atom. The van der Waals surface area contributed by atoms with Gasteiger partial charge in [0.25, 0.3) is 0 Å². The lowest BCUT2D eigenvalue weighted by molar-refractivity contribution is -0.119. The number of amides is 1. The van der Waals surface area contributed by atoms with E-state index in [4.69, 9.17) is 0 Å². The molecule has 3 N–H and O–H groups in total. The van der Waals surface area contributed by atoms with E-state index in [0.717, 1.165) is 37.1 Å². The van der Waals surface area contributed by atoms with Gasteiger partial charge in [-0.15, -0.1) is 0 Å². The molecule has 0 heterocycles. The Labute approximate surface area is 192 Å². The van der Waals surface area contributed by atoms with E-state index < -0.39 is 10.0 Å². The molecule has 2 aromatic carbocycles. The van der Waals surface area contributed by atoms with E-state index in [1.54, 1.807) is 18.2 Å². The number of sulfonamides is 1. The largest absolute Gasteiger partial charge is 0.383 e. The van der Waals surface area contributed by atoms with Gasteiger partial charge in [-0.2, -0.15) is 4.31 Å². The van der Waals surface area contributed by atoms with E-state index in [1.165, 1.54) is 4.31 Å². The number of carbonyl (C=O) groups excluding carboxylic acids is 1. The molecule has 0 saturated carbocycles. The zero-order valence-corrected chi connectivity index (χ0v) is 20.2. The second-order valence-corrected chi connectivity index (χ2v) is 9.45. The molecule has 0 atom stereocenters. The van der Waals surface area contributed by atoms with Gasteiger partial charge in [0.1, 0.15) is 0 Å². The fourth-order valence-corrected chi connectivity index (χ4v) is 4.81. The summed E-state index contributed by atoms with van der Waals surface area (Å²) >= 11 is 0. The van der Waals surface area contributed by atoms with Crippen LogP contribution in [0.1, 0.15) is 39.2 Å². The summed E-state index contributed by atoms with van der Waals surface area (Å²) in [7, 11) is -3.58. The van der Waals surface area contributed by atoms with Gasteiger partial charge >= 0.3 is 0 Å². The molecule has 7 nitrogen and oxygen atoms in total. The van der Waals surface area contributed by atoms with E-state index in [0.29, 0.717) is 25.3 Å². The van der Waals surface area contributed by atoms with Gasteiger partial charge in [-0.1, -0.05) is 57.5 Å². The third kappa shape index (κ3) is 7.53. The second kappa shape index (κ2) is 13.1. The lowest BCUT2D eigenvalue weighted by Crippen LogP contribution is -2.32. The van der Waals surface area contributed by atoms with Gasteiger partial charge in [-0.05, 0) is 36.6 Å². The van der Waals surface area contributed by atoms with Gasteiger partial charge < -0.3 is 16.0 Å². The van der Waals surface area contributed by atoms with Gasteiger partial charge in [0, 0.05) is 26.2 Å². The second-order valence-electron chi connectivity index (χ2n) is 7.52. The van der Waals surface area contributed by atoms with Crippen molar-refractivity contribution in [2.24, 2.45) is 0 Å². The molecule has 0 bridgehead atoms. The maximum Gasteiger partial charge on any atom is 0.243 e. The Kier molecular flexibility index (Phi) is 10.5. The standard InChI is InChI=1S/C24H36N4O3S/c1-4-7-16-25-22-14-13-21(32(30,31)28(5-2)6-3)18-23(22)27-19-24(29)26-17-15-20-11-9-8-10-12-20/h8-14,18,25,27H,4-7,15-17,19H2,1-3H3,(H,26,29). The first-order valence-corrected chi connectivity index (χ1v) is 12.8. The van der Waals surface area contributed by atoms with Crippen LogP contribution in [0.25, 0.3) is 0 Å². The van der Waals surface area contributed by atoms with Crippen molar-refractivity contribution in [3.05, 3.63) is 54.1 Å². The van der Waals surface area contributed by atoms with Crippen LogP contribution in [0.3, 0.4) is 0 Å². The van der Waals surface area contributed by atoms with Crippen LogP contribution in [0, 0.1) is 0 Å². The number of rotatable bonds is 14. The summed E-state index contributed by atoms with van der Waals surface area (Å²) in [6.07, 6.45) is 2.81. The number of hydrogen-bond acceptors (Lipinski definition) is 5. The van der Waals surface area contributed by atoms with Crippen LogP contribution in [-0.2, 0) is 21.2 Å². The van der Waals surface area contributed by atoms with Crippen LogP contribution in [0.4, 0.5) is 11.4 Å². The molecule has 0 fully saturated rings. The normalized spacial score (nSPS) is 11.4. The van der Waals surface area contributed by atoms with Gasteiger partial charge in [0.15, 0.2) is 0 Å². The Morgan fingerprint density at radius 3 is 2.28 bits per heavy atom. The van der Waals surface area contributed by atoms with Crippen LogP contribution in [0.15, 0.2) is 53.4 Å². The minimum atomic E-state index is -3.58. The highest BCUT2D eigenvalue weighted by Crippen LogP contribution is 2.27. The summed E-state index contributed by atoms with van der Waals surface area (Å²) in [5, 5.41) is 9.36. The molecule has 0 spiro atoms. The SMILES string of the molecule is CCCCNc1ccc(S(=O)(=O)N(CC)CC)cc1NCC(=O)NCCc1ccccc1. The molecule has 2 aromatic rings. The highest BCUT2D eigenvalue weighted by atomic mass is 32.2. The molecule has 0 radical (unpaired) electrons. The number of hydrogen-bond donors (Lipinski definition) is 3. The van der Waals surface area contributed by atoms with Crippen LogP contribution < -0.4 is 16.0 Å². The van der Waals surface area contributed by atoms with Crippen LogP contribution in [0.5, 0.6) is 0 Å². The monoisotopic (exact) mass is 460 g/mol. The van der Waals surface area contributed by atoms with Crippen molar-refractivity contribution in [2.45, 2.75) is 44.9 Å². The van der Waals surface area contributed by atoms with Crippen LogP contribution >= 0.6 is 0 Å². The molecule has 0 saturated heterocycles. The number of anilines is 2. The zero-order valence-electron chi connectivity index (χ0n) is 19.4. The Balaban J connectivity index is 2.07. The summed E-state index contributed by atoms with van der Waals surface area (Å²) in [5.74, 6) is -0.141. The van der Waals surface area contributed by atoms with Crippen molar-refractivity contribution in [1.82, 2.24) is 9.62 Å². The first kappa shape index (κ1) is 25.7. The van der Waals surface area contributed by atoms with Crippen molar-refractivity contribution in [3.63, 3.8) is 0 Å². The third-order valence-corrected chi connectivity index (χ3v) is 7.24. The molecular weight excluding hydrogens is 424 g/mol. The number of nitrogens with one attached hydrogen (secondary N) is 3. The molecule has 0 aliphatic carbocycles. The maximum absolute atomic E-state index is 12.9. The minimum Gasteiger partial charge on any atom is -0.383 e. The quantitative estimate of drug-likeness (QED) is 0.374. The molecule has 0 aliphatic heterocycles. The topological polar surface area (TPSA) is 90.5 Å². The lowest BCUT2D eigenvalue weighted by Gasteiger charge is -2.20. The highest BCUT2D eigenvalue weighted by Gasteiger charge is 2.22. The van der Waals surface area contributed by atoms with E-state index in [2.05, 4.69) is 22.9 Å². The van der Waals surface area contributed by atoms with Crippen molar-refractivity contribution in [2.75, 3.05) is 43.4 Å².